The van der Waals surface area contributed by atoms with E-state index in [0.29, 0.717) is 6.42 Å². The number of nitrogens with zero attached hydrogens (tertiary/aromatic N) is 1. The van der Waals surface area contributed by atoms with E-state index >= 15 is 0 Å². The summed E-state index contributed by atoms with van der Waals surface area (Å²) in [4.78, 5) is 11.6. The predicted octanol–water partition coefficient (Wildman–Crippen LogP) is 2.61. The topological polar surface area (TPSA) is 93.0 Å². The number of carbonyl (C=O) groups excluding carboxylic acids is 1. The van der Waals surface area contributed by atoms with Crippen molar-refractivity contribution >= 4 is 6.09 Å². The van der Waals surface area contributed by atoms with E-state index in [1.807, 2.05) is 0 Å². The zero-order chi connectivity index (χ0) is 17.7. The first-order chi connectivity index (χ1) is 11.2. The first-order valence-electron chi connectivity index (χ1n) is 7.75. The van der Waals surface area contributed by atoms with Gasteiger partial charge in [0.2, 0.25) is 0 Å². The lowest BCUT2D eigenvalue weighted by Crippen LogP contribution is -2.41. The fraction of sp³-hybridized carbons (Fsp3) is 0.412. The highest BCUT2D eigenvalue weighted by molar-refractivity contribution is 5.67. The summed E-state index contributed by atoms with van der Waals surface area (Å²) in [6.07, 6.45) is 1.70. The minimum atomic E-state index is -0.547. The molecule has 0 aliphatic carbocycles. The van der Waals surface area contributed by atoms with Gasteiger partial charge in [-0.2, -0.15) is 5.10 Å². The van der Waals surface area contributed by atoms with E-state index in [1.54, 1.807) is 39.1 Å². The SMILES string of the molecule is CC(C)(C)OC(=O)NCC(N)Cc1cn[nH]c1-c1ccc(F)cc1. The Labute approximate surface area is 140 Å². The Bertz CT molecular complexity index is 677. The number of aromatic nitrogens is 2. The minimum absolute atomic E-state index is 0.281. The van der Waals surface area contributed by atoms with Gasteiger partial charge in [0, 0.05) is 18.2 Å². The molecule has 1 aromatic carbocycles. The van der Waals surface area contributed by atoms with Crippen LogP contribution in [0.2, 0.25) is 0 Å². The summed E-state index contributed by atoms with van der Waals surface area (Å²) >= 11 is 0. The molecule has 0 fully saturated rings. The van der Waals surface area contributed by atoms with Crippen LogP contribution in [-0.4, -0.2) is 34.5 Å². The maximum Gasteiger partial charge on any atom is 0.407 e. The zero-order valence-corrected chi connectivity index (χ0v) is 14.1. The first-order valence-corrected chi connectivity index (χ1v) is 7.75. The summed E-state index contributed by atoms with van der Waals surface area (Å²) in [6.45, 7) is 5.68. The van der Waals surface area contributed by atoms with Gasteiger partial charge in [0.15, 0.2) is 0 Å². The standard InChI is InChI=1S/C17H23FN4O2/c1-17(2,3)24-16(23)20-10-14(19)8-12-9-21-22-15(12)11-4-6-13(18)7-5-11/h4-7,9,14H,8,10,19H2,1-3H3,(H,20,23)(H,21,22). The van der Waals surface area contributed by atoms with Crippen LogP contribution < -0.4 is 11.1 Å². The number of nitrogens with one attached hydrogen (secondary N) is 2. The molecule has 0 spiro atoms. The Morgan fingerprint density at radius 2 is 2.04 bits per heavy atom. The molecule has 1 atom stereocenters. The quantitative estimate of drug-likeness (QED) is 0.783. The summed E-state index contributed by atoms with van der Waals surface area (Å²) in [5, 5.41) is 9.59. The van der Waals surface area contributed by atoms with E-state index in [0.717, 1.165) is 16.8 Å². The summed E-state index contributed by atoms with van der Waals surface area (Å²) < 4.78 is 18.2. The lowest BCUT2D eigenvalue weighted by atomic mass is 10.0. The molecule has 0 radical (unpaired) electrons. The molecule has 0 aliphatic heterocycles. The van der Waals surface area contributed by atoms with Crippen LogP contribution in [0.25, 0.3) is 11.3 Å². The van der Waals surface area contributed by atoms with E-state index in [9.17, 15) is 9.18 Å². The maximum absolute atomic E-state index is 13.0. The van der Waals surface area contributed by atoms with Crippen LogP contribution in [0.5, 0.6) is 0 Å². The van der Waals surface area contributed by atoms with E-state index in [1.165, 1.54) is 12.1 Å². The van der Waals surface area contributed by atoms with Crippen LogP contribution in [0.3, 0.4) is 0 Å². The number of rotatable bonds is 5. The molecule has 130 valence electrons. The molecule has 1 aromatic heterocycles. The molecule has 1 heterocycles. The molecule has 6 nitrogen and oxygen atoms in total. The van der Waals surface area contributed by atoms with Crippen molar-refractivity contribution in [1.82, 2.24) is 15.5 Å². The number of H-pyrrole nitrogens is 1. The zero-order valence-electron chi connectivity index (χ0n) is 14.1. The molecule has 0 saturated carbocycles. The molecule has 24 heavy (non-hydrogen) atoms. The number of aromatic amines is 1. The Hall–Kier alpha value is -2.41. The third-order valence-electron chi connectivity index (χ3n) is 3.24. The van der Waals surface area contributed by atoms with Gasteiger partial charge in [0.05, 0.1) is 11.9 Å². The summed E-state index contributed by atoms with van der Waals surface area (Å²) in [5.74, 6) is -0.293. The number of nitrogens with two attached hydrogens (primary N) is 1. The number of hydrogen-bond donors (Lipinski definition) is 3. The van der Waals surface area contributed by atoms with Gasteiger partial charge in [-0.25, -0.2) is 9.18 Å². The second kappa shape index (κ2) is 7.44. The molecular formula is C17H23FN4O2. The summed E-state index contributed by atoms with van der Waals surface area (Å²) in [7, 11) is 0. The van der Waals surface area contributed by atoms with Gasteiger partial charge in [-0.05, 0) is 57.0 Å². The third-order valence-corrected chi connectivity index (χ3v) is 3.24. The number of benzene rings is 1. The van der Waals surface area contributed by atoms with Gasteiger partial charge in [0.25, 0.3) is 0 Å². The molecule has 4 N–H and O–H groups in total. The highest BCUT2D eigenvalue weighted by atomic mass is 19.1. The maximum atomic E-state index is 13.0. The van der Waals surface area contributed by atoms with E-state index in [2.05, 4.69) is 15.5 Å². The van der Waals surface area contributed by atoms with Crippen molar-refractivity contribution < 1.29 is 13.9 Å². The highest BCUT2D eigenvalue weighted by Crippen LogP contribution is 2.22. The normalized spacial score (nSPS) is 12.7. The molecule has 2 aromatic rings. The predicted molar refractivity (Wildman–Crippen MR) is 89.9 cm³/mol. The first kappa shape index (κ1) is 17.9. The molecule has 1 unspecified atom stereocenters. The molecule has 2 rings (SSSR count). The van der Waals surface area contributed by atoms with Crippen molar-refractivity contribution in [2.24, 2.45) is 5.73 Å². The average Bonchev–Trinajstić information content (AvgIpc) is 2.92. The van der Waals surface area contributed by atoms with Crippen molar-refractivity contribution in [3.63, 3.8) is 0 Å². The lowest BCUT2D eigenvalue weighted by molar-refractivity contribution is 0.0524. The van der Waals surface area contributed by atoms with E-state index < -0.39 is 11.7 Å². The third kappa shape index (κ3) is 5.34. The monoisotopic (exact) mass is 334 g/mol. The van der Waals surface area contributed by atoms with Gasteiger partial charge in [-0.1, -0.05) is 0 Å². The largest absolute Gasteiger partial charge is 0.444 e. The number of alkyl carbamates (subject to hydrolysis) is 1. The lowest BCUT2D eigenvalue weighted by Gasteiger charge is -2.20. The van der Waals surface area contributed by atoms with Crippen molar-refractivity contribution in [3.05, 3.63) is 41.8 Å². The van der Waals surface area contributed by atoms with E-state index in [4.69, 9.17) is 10.5 Å². The van der Waals surface area contributed by atoms with Gasteiger partial charge >= 0.3 is 6.09 Å². The van der Waals surface area contributed by atoms with E-state index in [-0.39, 0.29) is 18.4 Å². The second-order valence-corrected chi connectivity index (χ2v) is 6.62. The van der Waals surface area contributed by atoms with Crippen LogP contribution in [0, 0.1) is 5.82 Å². The van der Waals surface area contributed by atoms with Crippen LogP contribution in [0.1, 0.15) is 26.3 Å². The Kier molecular flexibility index (Phi) is 5.56. The molecular weight excluding hydrogens is 311 g/mol. The minimum Gasteiger partial charge on any atom is -0.444 e. The fourth-order valence-corrected chi connectivity index (χ4v) is 2.22. The van der Waals surface area contributed by atoms with Crippen molar-refractivity contribution in [1.29, 1.82) is 0 Å². The van der Waals surface area contributed by atoms with Crippen molar-refractivity contribution in [2.45, 2.75) is 38.8 Å². The molecule has 0 saturated heterocycles. The van der Waals surface area contributed by atoms with Crippen LogP contribution >= 0.6 is 0 Å². The Morgan fingerprint density at radius 1 is 1.38 bits per heavy atom. The molecule has 7 heteroatoms. The average molecular weight is 334 g/mol. The number of carbonyl (C=O) groups is 1. The highest BCUT2D eigenvalue weighted by Gasteiger charge is 2.17. The van der Waals surface area contributed by atoms with Crippen molar-refractivity contribution in [3.8, 4) is 11.3 Å². The number of amides is 1. The Morgan fingerprint density at radius 3 is 2.67 bits per heavy atom. The van der Waals surface area contributed by atoms with Crippen LogP contribution in [0.15, 0.2) is 30.5 Å². The van der Waals surface area contributed by atoms with Crippen LogP contribution in [-0.2, 0) is 11.2 Å². The van der Waals surface area contributed by atoms with Gasteiger partial charge in [0.1, 0.15) is 11.4 Å². The van der Waals surface area contributed by atoms with Crippen LogP contribution in [0.4, 0.5) is 9.18 Å². The number of halogens is 1. The fourth-order valence-electron chi connectivity index (χ4n) is 2.22. The van der Waals surface area contributed by atoms with Gasteiger partial charge in [-0.3, -0.25) is 5.10 Å². The molecule has 0 aliphatic rings. The number of hydrogen-bond acceptors (Lipinski definition) is 4. The number of ether oxygens (including phenoxy) is 1. The smallest absolute Gasteiger partial charge is 0.407 e. The molecule has 0 bridgehead atoms. The second-order valence-electron chi connectivity index (χ2n) is 6.62. The summed E-state index contributed by atoms with van der Waals surface area (Å²) in [5.41, 5.74) is 8.06. The summed E-state index contributed by atoms with van der Waals surface area (Å²) in [6, 6.07) is 5.84. The van der Waals surface area contributed by atoms with Gasteiger partial charge < -0.3 is 15.8 Å². The van der Waals surface area contributed by atoms with Crippen molar-refractivity contribution in [2.75, 3.05) is 6.54 Å². The van der Waals surface area contributed by atoms with Gasteiger partial charge in [-0.15, -0.1) is 0 Å². The molecule has 1 amide bonds. The Balaban J connectivity index is 1.93.